The number of rotatable bonds is 3. The maximum Gasteiger partial charge on any atom is 0.292 e. The molecule has 2 N–H and O–H groups in total. The van der Waals surface area contributed by atoms with Crippen molar-refractivity contribution >= 4 is 11.8 Å². The number of amides is 2. The van der Waals surface area contributed by atoms with E-state index in [1.807, 2.05) is 0 Å². The SMILES string of the molecule is Cc1cc(C(=O)N2CCC[C@@H](NC(=O)[C@@H]3CCCNC3)C2)on1. The molecule has 2 aliphatic rings. The van der Waals surface area contributed by atoms with Crippen molar-refractivity contribution in [1.29, 1.82) is 0 Å². The molecule has 1 aromatic heterocycles. The fraction of sp³-hybridized carbons (Fsp3) is 0.688. The Labute approximate surface area is 135 Å². The fourth-order valence-electron chi connectivity index (χ4n) is 3.29. The van der Waals surface area contributed by atoms with E-state index in [1.54, 1.807) is 17.9 Å². The summed E-state index contributed by atoms with van der Waals surface area (Å²) in [5, 5.41) is 10.1. The number of hydrogen-bond donors (Lipinski definition) is 2. The first-order valence-corrected chi connectivity index (χ1v) is 8.37. The molecule has 2 saturated heterocycles. The van der Waals surface area contributed by atoms with Crippen molar-refractivity contribution in [2.75, 3.05) is 26.2 Å². The van der Waals surface area contributed by atoms with E-state index < -0.39 is 0 Å². The summed E-state index contributed by atoms with van der Waals surface area (Å²) >= 11 is 0. The Bertz CT molecular complexity index is 565. The van der Waals surface area contributed by atoms with Gasteiger partial charge in [-0.3, -0.25) is 9.59 Å². The van der Waals surface area contributed by atoms with Gasteiger partial charge in [-0.1, -0.05) is 5.16 Å². The molecule has 2 fully saturated rings. The molecule has 0 radical (unpaired) electrons. The van der Waals surface area contributed by atoms with Crippen molar-refractivity contribution in [3.63, 3.8) is 0 Å². The van der Waals surface area contributed by atoms with Gasteiger partial charge in [-0.2, -0.15) is 0 Å². The fourth-order valence-corrected chi connectivity index (χ4v) is 3.29. The Hall–Kier alpha value is -1.89. The zero-order valence-electron chi connectivity index (χ0n) is 13.5. The summed E-state index contributed by atoms with van der Waals surface area (Å²) < 4.78 is 5.05. The molecule has 0 saturated carbocycles. The first kappa shape index (κ1) is 16.0. The van der Waals surface area contributed by atoms with Gasteiger partial charge in [0.05, 0.1) is 11.6 Å². The standard InChI is InChI=1S/C16H24N4O3/c1-11-8-14(23-19-11)16(22)20-7-3-5-13(10-20)18-15(21)12-4-2-6-17-9-12/h8,12-13,17H,2-7,9-10H2,1H3,(H,18,21)/t12-,13-/m1/s1. The van der Waals surface area contributed by atoms with Gasteiger partial charge in [0.2, 0.25) is 11.7 Å². The van der Waals surface area contributed by atoms with Crippen LogP contribution in [0.1, 0.15) is 41.9 Å². The van der Waals surface area contributed by atoms with Gasteiger partial charge in [0.15, 0.2) is 0 Å². The minimum atomic E-state index is -0.149. The molecular weight excluding hydrogens is 296 g/mol. The van der Waals surface area contributed by atoms with E-state index in [0.29, 0.717) is 18.8 Å². The average molecular weight is 320 g/mol. The second-order valence-electron chi connectivity index (χ2n) is 6.47. The lowest BCUT2D eigenvalue weighted by molar-refractivity contribution is -0.126. The van der Waals surface area contributed by atoms with E-state index >= 15 is 0 Å². The molecule has 3 heterocycles. The van der Waals surface area contributed by atoms with Gasteiger partial charge in [0.1, 0.15) is 0 Å². The van der Waals surface area contributed by atoms with Crippen LogP contribution in [0.25, 0.3) is 0 Å². The van der Waals surface area contributed by atoms with Crippen LogP contribution in [0.15, 0.2) is 10.6 Å². The zero-order chi connectivity index (χ0) is 16.2. The number of carbonyl (C=O) groups is 2. The first-order valence-electron chi connectivity index (χ1n) is 8.37. The molecule has 7 nitrogen and oxygen atoms in total. The first-order chi connectivity index (χ1) is 11.1. The second-order valence-corrected chi connectivity index (χ2v) is 6.47. The van der Waals surface area contributed by atoms with Gasteiger partial charge in [-0.15, -0.1) is 0 Å². The van der Waals surface area contributed by atoms with Crippen LogP contribution >= 0.6 is 0 Å². The molecule has 3 rings (SSSR count). The molecule has 0 bridgehead atoms. The third-order valence-corrected chi connectivity index (χ3v) is 4.56. The minimum absolute atomic E-state index is 0.0196. The Morgan fingerprint density at radius 3 is 2.96 bits per heavy atom. The molecule has 2 atom stereocenters. The summed E-state index contributed by atoms with van der Waals surface area (Å²) in [6.07, 6.45) is 3.77. The number of carbonyl (C=O) groups excluding carboxylic acids is 2. The summed E-state index contributed by atoms with van der Waals surface area (Å²) in [7, 11) is 0. The van der Waals surface area contributed by atoms with Crippen LogP contribution < -0.4 is 10.6 Å². The molecular formula is C16H24N4O3. The minimum Gasteiger partial charge on any atom is -0.351 e. The predicted molar refractivity (Wildman–Crippen MR) is 83.9 cm³/mol. The van der Waals surface area contributed by atoms with Gasteiger partial charge in [0.25, 0.3) is 5.91 Å². The van der Waals surface area contributed by atoms with E-state index in [0.717, 1.165) is 38.8 Å². The maximum absolute atomic E-state index is 12.4. The number of aromatic nitrogens is 1. The molecule has 0 aliphatic carbocycles. The van der Waals surface area contributed by atoms with Crippen molar-refractivity contribution < 1.29 is 14.1 Å². The number of likely N-dealkylation sites (tertiary alicyclic amines) is 1. The van der Waals surface area contributed by atoms with Crippen LogP contribution in [0.3, 0.4) is 0 Å². The highest BCUT2D eigenvalue weighted by Crippen LogP contribution is 2.16. The highest BCUT2D eigenvalue weighted by molar-refractivity contribution is 5.91. The number of hydrogen-bond acceptors (Lipinski definition) is 5. The Balaban J connectivity index is 1.55. The van der Waals surface area contributed by atoms with Crippen LogP contribution in [0, 0.1) is 12.8 Å². The maximum atomic E-state index is 12.4. The molecule has 126 valence electrons. The van der Waals surface area contributed by atoms with Crippen LogP contribution in [-0.4, -0.2) is 54.1 Å². The molecule has 7 heteroatoms. The third-order valence-electron chi connectivity index (χ3n) is 4.56. The molecule has 0 aromatic carbocycles. The Kier molecular flexibility index (Phi) is 4.95. The van der Waals surface area contributed by atoms with Crippen molar-refractivity contribution in [3.05, 3.63) is 17.5 Å². The van der Waals surface area contributed by atoms with Gasteiger partial charge in [-0.05, 0) is 39.2 Å². The van der Waals surface area contributed by atoms with E-state index in [4.69, 9.17) is 4.52 Å². The molecule has 2 aliphatic heterocycles. The van der Waals surface area contributed by atoms with Gasteiger partial charge in [-0.25, -0.2) is 0 Å². The summed E-state index contributed by atoms with van der Waals surface area (Å²) in [5.41, 5.74) is 0.694. The summed E-state index contributed by atoms with van der Waals surface area (Å²) in [6.45, 7) is 4.75. The van der Waals surface area contributed by atoms with E-state index in [-0.39, 0.29) is 29.5 Å². The number of piperidine rings is 2. The molecule has 0 spiro atoms. The van der Waals surface area contributed by atoms with Crippen LogP contribution in [0.5, 0.6) is 0 Å². The summed E-state index contributed by atoms with van der Waals surface area (Å²) in [5.74, 6) is 0.272. The van der Waals surface area contributed by atoms with Crippen molar-refractivity contribution in [1.82, 2.24) is 20.7 Å². The second kappa shape index (κ2) is 7.12. The Morgan fingerprint density at radius 2 is 2.26 bits per heavy atom. The van der Waals surface area contributed by atoms with E-state index in [9.17, 15) is 9.59 Å². The molecule has 1 aromatic rings. The number of aryl methyl sites for hydroxylation is 1. The lowest BCUT2D eigenvalue weighted by Crippen LogP contribution is -2.52. The molecule has 23 heavy (non-hydrogen) atoms. The quantitative estimate of drug-likeness (QED) is 0.856. The predicted octanol–water partition coefficient (Wildman–Crippen LogP) is 0.703. The average Bonchev–Trinajstić information content (AvgIpc) is 3.01. The highest BCUT2D eigenvalue weighted by Gasteiger charge is 2.29. The van der Waals surface area contributed by atoms with E-state index in [2.05, 4.69) is 15.8 Å². The van der Waals surface area contributed by atoms with E-state index in [1.165, 1.54) is 0 Å². The van der Waals surface area contributed by atoms with Crippen LogP contribution in [-0.2, 0) is 4.79 Å². The van der Waals surface area contributed by atoms with Gasteiger partial charge < -0.3 is 20.1 Å². The lowest BCUT2D eigenvalue weighted by atomic mass is 9.97. The molecule has 2 amide bonds. The third kappa shape index (κ3) is 3.90. The smallest absolute Gasteiger partial charge is 0.292 e. The summed E-state index contributed by atoms with van der Waals surface area (Å²) in [6, 6.07) is 1.67. The molecule has 0 unspecified atom stereocenters. The van der Waals surface area contributed by atoms with Gasteiger partial charge >= 0.3 is 0 Å². The van der Waals surface area contributed by atoms with Crippen molar-refractivity contribution in [3.8, 4) is 0 Å². The number of nitrogens with zero attached hydrogens (tertiary/aromatic N) is 2. The van der Waals surface area contributed by atoms with Gasteiger partial charge in [0, 0.05) is 31.7 Å². The van der Waals surface area contributed by atoms with Crippen molar-refractivity contribution in [2.24, 2.45) is 5.92 Å². The normalized spacial score (nSPS) is 25.2. The van der Waals surface area contributed by atoms with Crippen LogP contribution in [0.4, 0.5) is 0 Å². The van der Waals surface area contributed by atoms with Crippen LogP contribution in [0.2, 0.25) is 0 Å². The summed E-state index contributed by atoms with van der Waals surface area (Å²) in [4.78, 5) is 26.5. The highest BCUT2D eigenvalue weighted by atomic mass is 16.5. The zero-order valence-corrected chi connectivity index (χ0v) is 13.5. The number of nitrogens with one attached hydrogen (secondary N) is 2. The monoisotopic (exact) mass is 320 g/mol. The van der Waals surface area contributed by atoms with Crippen molar-refractivity contribution in [2.45, 2.75) is 38.6 Å². The lowest BCUT2D eigenvalue weighted by Gasteiger charge is -2.33. The topological polar surface area (TPSA) is 87.5 Å². The largest absolute Gasteiger partial charge is 0.351 e. The Morgan fingerprint density at radius 1 is 1.39 bits per heavy atom.